The van der Waals surface area contributed by atoms with Crippen LogP contribution in [0.4, 0.5) is 0 Å². The molecule has 0 amide bonds. The molecule has 2 N–H and O–H groups in total. The number of phenols is 1. The summed E-state index contributed by atoms with van der Waals surface area (Å²) < 4.78 is 21.0. The van der Waals surface area contributed by atoms with Crippen LogP contribution >= 0.6 is 0 Å². The van der Waals surface area contributed by atoms with Gasteiger partial charge in [-0.15, -0.1) is 0 Å². The summed E-state index contributed by atoms with van der Waals surface area (Å²) in [5.74, 6) is -0.0248. The molecule has 0 aliphatic carbocycles. The molecule has 0 aliphatic rings. The Balaban J connectivity index is 2.28. The molecule has 3 rings (SSSR count). The smallest absolute Gasteiger partial charge is 0.238 e. The highest BCUT2D eigenvalue weighted by molar-refractivity contribution is 5.89. The number of fused-ring (bicyclic) bond motifs is 1. The average Bonchev–Trinajstić information content (AvgIpc) is 2.64. The Morgan fingerprint density at radius 2 is 1.48 bits per heavy atom. The van der Waals surface area contributed by atoms with Crippen LogP contribution in [-0.2, 0) is 0 Å². The zero-order valence-corrected chi connectivity index (χ0v) is 13.8. The van der Waals surface area contributed by atoms with Gasteiger partial charge in [0.15, 0.2) is 28.8 Å². The molecule has 0 saturated carbocycles. The van der Waals surface area contributed by atoms with Crippen molar-refractivity contribution in [1.82, 2.24) is 0 Å². The second kappa shape index (κ2) is 6.27. The van der Waals surface area contributed by atoms with Crippen molar-refractivity contribution in [1.29, 1.82) is 0 Å². The first kappa shape index (κ1) is 16.5. The van der Waals surface area contributed by atoms with Gasteiger partial charge in [0.2, 0.25) is 11.2 Å². The van der Waals surface area contributed by atoms with Crippen molar-refractivity contribution < 1.29 is 28.8 Å². The maximum Gasteiger partial charge on any atom is 0.238 e. The van der Waals surface area contributed by atoms with E-state index in [-0.39, 0.29) is 28.2 Å². The number of benzene rings is 2. The van der Waals surface area contributed by atoms with E-state index in [0.29, 0.717) is 17.1 Å². The number of rotatable bonds is 4. The summed E-state index contributed by atoms with van der Waals surface area (Å²) in [5, 5.41) is 20.3. The summed E-state index contributed by atoms with van der Waals surface area (Å²) in [4.78, 5) is 12.5. The lowest BCUT2D eigenvalue weighted by atomic mass is 10.1. The van der Waals surface area contributed by atoms with E-state index in [1.807, 2.05) is 0 Å². The zero-order chi connectivity index (χ0) is 18.1. The second-order valence-corrected chi connectivity index (χ2v) is 5.17. The molecule has 1 heterocycles. The first-order chi connectivity index (χ1) is 12.0. The molecule has 25 heavy (non-hydrogen) atoms. The van der Waals surface area contributed by atoms with E-state index in [2.05, 4.69) is 0 Å². The molecule has 130 valence electrons. The fourth-order valence-electron chi connectivity index (χ4n) is 2.58. The maximum atomic E-state index is 12.5. The van der Waals surface area contributed by atoms with Crippen LogP contribution in [0.25, 0.3) is 22.3 Å². The van der Waals surface area contributed by atoms with Gasteiger partial charge in [-0.1, -0.05) is 0 Å². The Morgan fingerprint density at radius 3 is 2.12 bits per heavy atom. The molecule has 7 heteroatoms. The van der Waals surface area contributed by atoms with E-state index >= 15 is 0 Å². The van der Waals surface area contributed by atoms with Crippen LogP contribution in [0, 0.1) is 0 Å². The summed E-state index contributed by atoms with van der Waals surface area (Å²) in [6.45, 7) is 0. The van der Waals surface area contributed by atoms with Gasteiger partial charge in [-0.05, 0) is 30.3 Å². The van der Waals surface area contributed by atoms with E-state index in [0.717, 1.165) is 0 Å². The molecule has 0 radical (unpaired) electrons. The topological polar surface area (TPSA) is 98.4 Å². The maximum absolute atomic E-state index is 12.5. The summed E-state index contributed by atoms with van der Waals surface area (Å²) in [6, 6.07) is 7.78. The molecular formula is C18H16O7. The molecule has 0 spiro atoms. The van der Waals surface area contributed by atoms with Gasteiger partial charge >= 0.3 is 0 Å². The number of ether oxygens (including phenoxy) is 3. The van der Waals surface area contributed by atoms with Crippen LogP contribution in [0.2, 0.25) is 0 Å². The van der Waals surface area contributed by atoms with Gasteiger partial charge in [-0.25, -0.2) is 0 Å². The normalized spacial score (nSPS) is 10.7. The fourth-order valence-corrected chi connectivity index (χ4v) is 2.58. The van der Waals surface area contributed by atoms with Gasteiger partial charge in [-0.2, -0.15) is 0 Å². The predicted octanol–water partition coefficient (Wildman–Crippen LogP) is 2.90. The van der Waals surface area contributed by atoms with E-state index in [4.69, 9.17) is 18.6 Å². The third kappa shape index (κ3) is 2.59. The SMILES string of the molecule is COc1ccc(-c2oc3ccc(OC)c(O)c3c(=O)c2O)cc1OC. The molecule has 0 aliphatic heterocycles. The fraction of sp³-hybridized carbons (Fsp3) is 0.167. The highest BCUT2D eigenvalue weighted by atomic mass is 16.5. The van der Waals surface area contributed by atoms with Crippen LogP contribution in [-0.4, -0.2) is 31.5 Å². The Kier molecular flexibility index (Phi) is 4.14. The molecule has 0 atom stereocenters. The summed E-state index contributed by atoms with van der Waals surface area (Å²) >= 11 is 0. The Hall–Kier alpha value is -3.35. The quantitative estimate of drug-likeness (QED) is 0.751. The minimum absolute atomic E-state index is 0.0389. The number of hydrogen-bond acceptors (Lipinski definition) is 7. The van der Waals surface area contributed by atoms with Crippen molar-refractivity contribution in [2.24, 2.45) is 0 Å². The van der Waals surface area contributed by atoms with Crippen LogP contribution < -0.4 is 19.6 Å². The lowest BCUT2D eigenvalue weighted by Gasteiger charge is -2.11. The third-order valence-electron chi connectivity index (χ3n) is 3.84. The minimum atomic E-state index is -0.762. The third-order valence-corrected chi connectivity index (χ3v) is 3.84. The van der Waals surface area contributed by atoms with E-state index in [1.165, 1.54) is 33.5 Å². The molecule has 0 saturated heterocycles. The van der Waals surface area contributed by atoms with E-state index < -0.39 is 11.2 Å². The monoisotopic (exact) mass is 344 g/mol. The first-order valence-corrected chi connectivity index (χ1v) is 7.30. The highest BCUT2D eigenvalue weighted by Crippen LogP contribution is 2.39. The summed E-state index contributed by atoms with van der Waals surface area (Å²) in [6.07, 6.45) is 0. The van der Waals surface area contributed by atoms with Gasteiger partial charge in [0.25, 0.3) is 0 Å². The summed E-state index contributed by atoms with van der Waals surface area (Å²) in [7, 11) is 4.34. The number of hydrogen-bond donors (Lipinski definition) is 2. The number of methoxy groups -OCH3 is 3. The molecule has 0 fully saturated rings. The van der Waals surface area contributed by atoms with E-state index in [9.17, 15) is 15.0 Å². The average molecular weight is 344 g/mol. The number of aromatic hydroxyl groups is 2. The van der Waals surface area contributed by atoms with E-state index in [1.54, 1.807) is 18.2 Å². The molecule has 7 nitrogen and oxygen atoms in total. The van der Waals surface area contributed by atoms with Crippen molar-refractivity contribution in [3.63, 3.8) is 0 Å². The van der Waals surface area contributed by atoms with Crippen LogP contribution in [0.3, 0.4) is 0 Å². The Labute approximate surface area is 142 Å². The predicted molar refractivity (Wildman–Crippen MR) is 90.9 cm³/mol. The highest BCUT2D eigenvalue weighted by Gasteiger charge is 2.20. The van der Waals surface area contributed by atoms with Crippen LogP contribution in [0.15, 0.2) is 39.5 Å². The second-order valence-electron chi connectivity index (χ2n) is 5.17. The Morgan fingerprint density at radius 1 is 0.840 bits per heavy atom. The van der Waals surface area contributed by atoms with Crippen molar-refractivity contribution in [3.8, 4) is 40.1 Å². The van der Waals surface area contributed by atoms with Crippen LogP contribution in [0.1, 0.15) is 0 Å². The molecular weight excluding hydrogens is 328 g/mol. The minimum Gasteiger partial charge on any atom is -0.504 e. The lowest BCUT2D eigenvalue weighted by molar-refractivity contribution is 0.355. The van der Waals surface area contributed by atoms with Gasteiger partial charge in [-0.3, -0.25) is 4.79 Å². The molecule has 3 aromatic rings. The van der Waals surface area contributed by atoms with Gasteiger partial charge < -0.3 is 28.8 Å². The van der Waals surface area contributed by atoms with Gasteiger partial charge in [0, 0.05) is 5.56 Å². The summed E-state index contributed by atoms with van der Waals surface area (Å²) in [5.41, 5.74) is -0.224. The van der Waals surface area contributed by atoms with Gasteiger partial charge in [0.05, 0.1) is 21.3 Å². The number of phenolic OH excluding ortho intramolecular Hbond substituents is 1. The molecule has 0 unspecified atom stereocenters. The van der Waals surface area contributed by atoms with Crippen molar-refractivity contribution in [2.75, 3.05) is 21.3 Å². The first-order valence-electron chi connectivity index (χ1n) is 7.30. The Bertz CT molecular complexity index is 1000. The van der Waals surface area contributed by atoms with Gasteiger partial charge in [0.1, 0.15) is 11.0 Å². The van der Waals surface area contributed by atoms with Crippen LogP contribution in [0.5, 0.6) is 28.7 Å². The van der Waals surface area contributed by atoms with Crippen molar-refractivity contribution in [2.45, 2.75) is 0 Å². The standard InChI is InChI=1S/C18H16O7/c1-22-10-5-4-9(8-13(10)24-3)18-17(21)16(20)14-11(25-18)6-7-12(23-2)15(14)19/h4-8,19,21H,1-3H3. The molecule has 1 aromatic heterocycles. The van der Waals surface area contributed by atoms with Crippen molar-refractivity contribution in [3.05, 3.63) is 40.6 Å². The molecule has 0 bridgehead atoms. The van der Waals surface area contributed by atoms with Crippen molar-refractivity contribution >= 4 is 11.0 Å². The zero-order valence-electron chi connectivity index (χ0n) is 13.8. The molecule has 2 aromatic carbocycles. The largest absolute Gasteiger partial charge is 0.504 e. The lowest BCUT2D eigenvalue weighted by Crippen LogP contribution is -2.03.